The van der Waals surface area contributed by atoms with Gasteiger partial charge in [0.15, 0.2) is 0 Å². The van der Waals surface area contributed by atoms with Gasteiger partial charge < -0.3 is 19.6 Å². The van der Waals surface area contributed by atoms with E-state index in [4.69, 9.17) is 9.26 Å². The van der Waals surface area contributed by atoms with Crippen LogP contribution in [0.4, 0.5) is 14.5 Å². The maximum absolute atomic E-state index is 14.1. The molecule has 0 aliphatic carbocycles. The minimum atomic E-state index is -0.588. The number of rotatable bonds is 7. The van der Waals surface area contributed by atoms with Gasteiger partial charge in [0.25, 0.3) is 0 Å². The summed E-state index contributed by atoms with van der Waals surface area (Å²) < 4.78 is 38.0. The van der Waals surface area contributed by atoms with E-state index in [2.05, 4.69) is 25.4 Å². The van der Waals surface area contributed by atoms with Crippen LogP contribution in [0, 0.1) is 11.6 Å². The molecule has 0 unspecified atom stereocenters. The van der Waals surface area contributed by atoms with E-state index in [1.807, 2.05) is 12.1 Å². The molecule has 0 fully saturated rings. The largest absolute Gasteiger partial charge is 0.497 e. The zero-order chi connectivity index (χ0) is 24.4. The quantitative estimate of drug-likeness (QED) is 0.338. The first-order valence-corrected chi connectivity index (χ1v) is 10.7. The van der Waals surface area contributed by atoms with Crippen molar-refractivity contribution in [2.45, 2.75) is 12.8 Å². The zero-order valence-corrected chi connectivity index (χ0v) is 18.5. The molecule has 2 heterocycles. The molecule has 0 atom stereocenters. The minimum Gasteiger partial charge on any atom is -0.497 e. The van der Waals surface area contributed by atoms with Gasteiger partial charge in [-0.2, -0.15) is 4.98 Å². The molecule has 2 aromatic heterocycles. The highest BCUT2D eigenvalue weighted by atomic mass is 19.1. The molecule has 5 rings (SSSR count). The van der Waals surface area contributed by atoms with E-state index < -0.39 is 11.6 Å². The summed E-state index contributed by atoms with van der Waals surface area (Å²) in [5.41, 5.74) is 2.46. The second kappa shape index (κ2) is 9.34. The van der Waals surface area contributed by atoms with Gasteiger partial charge in [-0.05, 0) is 60.7 Å². The number of amides is 1. The Bertz CT molecular complexity index is 1510. The molecule has 8 nitrogen and oxygen atoms in total. The summed E-state index contributed by atoms with van der Waals surface area (Å²) in [4.78, 5) is 24.1. The first-order chi connectivity index (χ1) is 17.0. The van der Waals surface area contributed by atoms with Crippen LogP contribution in [0.25, 0.3) is 33.8 Å². The number of nitrogens with one attached hydrogen (secondary N) is 2. The van der Waals surface area contributed by atoms with Gasteiger partial charge in [0.05, 0.1) is 23.7 Å². The molecule has 0 aliphatic rings. The Morgan fingerprint density at radius 2 is 1.89 bits per heavy atom. The fraction of sp³-hybridized carbons (Fsp3) is 0.120. The number of H-pyrrole nitrogens is 1. The fourth-order valence-corrected chi connectivity index (χ4v) is 3.55. The number of hydrogen-bond acceptors (Lipinski definition) is 6. The number of aryl methyl sites for hydroxylation is 1. The van der Waals surface area contributed by atoms with Crippen LogP contribution in [-0.2, 0) is 11.2 Å². The summed E-state index contributed by atoms with van der Waals surface area (Å²) in [6.07, 6.45) is 0.398. The fourth-order valence-electron chi connectivity index (χ4n) is 3.55. The monoisotopic (exact) mass is 475 g/mol. The molecule has 10 heteroatoms. The average molecular weight is 475 g/mol. The molecule has 5 aromatic rings. The molecule has 0 spiro atoms. The second-order valence-corrected chi connectivity index (χ2v) is 7.73. The SMILES string of the molecule is COc1ccc(-c2noc(CCC(=O)Nc3ccc4nc(-c5cc(F)ccc5F)[nH]c4c3)n2)cc1. The van der Waals surface area contributed by atoms with E-state index in [0.717, 1.165) is 29.5 Å². The van der Waals surface area contributed by atoms with E-state index in [-0.39, 0.29) is 30.1 Å². The van der Waals surface area contributed by atoms with Crippen LogP contribution in [0.2, 0.25) is 0 Å². The molecule has 0 bridgehead atoms. The molecule has 176 valence electrons. The van der Waals surface area contributed by atoms with Gasteiger partial charge in [-0.1, -0.05) is 5.16 Å². The van der Waals surface area contributed by atoms with Crippen LogP contribution >= 0.6 is 0 Å². The van der Waals surface area contributed by atoms with Crippen LogP contribution < -0.4 is 10.1 Å². The summed E-state index contributed by atoms with van der Waals surface area (Å²) in [7, 11) is 1.59. The van der Waals surface area contributed by atoms with Crippen LogP contribution in [-0.4, -0.2) is 33.1 Å². The van der Waals surface area contributed by atoms with Crippen molar-refractivity contribution in [3.8, 4) is 28.5 Å². The van der Waals surface area contributed by atoms with Crippen LogP contribution in [0.15, 0.2) is 65.2 Å². The van der Waals surface area contributed by atoms with Gasteiger partial charge in [0.2, 0.25) is 17.6 Å². The third-order valence-corrected chi connectivity index (χ3v) is 5.33. The Balaban J connectivity index is 1.23. The van der Waals surface area contributed by atoms with Crippen molar-refractivity contribution in [2.24, 2.45) is 0 Å². The number of fused-ring (bicyclic) bond motifs is 1. The van der Waals surface area contributed by atoms with Crippen LogP contribution in [0.3, 0.4) is 0 Å². The van der Waals surface area contributed by atoms with Crippen molar-refractivity contribution in [1.82, 2.24) is 20.1 Å². The summed E-state index contributed by atoms with van der Waals surface area (Å²) in [5.74, 6) is 0.297. The zero-order valence-electron chi connectivity index (χ0n) is 18.5. The number of anilines is 1. The Morgan fingerprint density at radius 3 is 2.69 bits per heavy atom. The lowest BCUT2D eigenvalue weighted by molar-refractivity contribution is -0.116. The van der Waals surface area contributed by atoms with Gasteiger partial charge in [0, 0.05) is 24.1 Å². The molecule has 3 aromatic carbocycles. The first kappa shape index (κ1) is 22.2. The van der Waals surface area contributed by atoms with Gasteiger partial charge >= 0.3 is 0 Å². The Labute approximate surface area is 198 Å². The van der Waals surface area contributed by atoms with Crippen molar-refractivity contribution in [2.75, 3.05) is 12.4 Å². The number of imidazole rings is 1. The normalized spacial score (nSPS) is 11.1. The number of aromatic nitrogens is 4. The second-order valence-electron chi connectivity index (χ2n) is 7.73. The number of benzene rings is 3. The predicted molar refractivity (Wildman–Crippen MR) is 125 cm³/mol. The molecular formula is C25H19F2N5O3. The summed E-state index contributed by atoms with van der Waals surface area (Å²) in [5, 5.41) is 6.76. The molecule has 0 saturated carbocycles. The number of hydrogen-bond donors (Lipinski definition) is 2. The number of carbonyl (C=O) groups is 1. The summed E-state index contributed by atoms with van der Waals surface area (Å²) in [6, 6.07) is 15.4. The third kappa shape index (κ3) is 4.86. The smallest absolute Gasteiger partial charge is 0.227 e. The van der Waals surface area contributed by atoms with E-state index in [0.29, 0.717) is 28.4 Å². The van der Waals surface area contributed by atoms with E-state index >= 15 is 0 Å². The van der Waals surface area contributed by atoms with Crippen molar-refractivity contribution in [3.63, 3.8) is 0 Å². The number of nitrogens with zero attached hydrogens (tertiary/aromatic N) is 3. The van der Waals surface area contributed by atoms with Gasteiger partial charge in [-0.25, -0.2) is 13.8 Å². The lowest BCUT2D eigenvalue weighted by atomic mass is 10.2. The highest BCUT2D eigenvalue weighted by Crippen LogP contribution is 2.26. The van der Waals surface area contributed by atoms with E-state index in [9.17, 15) is 13.6 Å². The third-order valence-electron chi connectivity index (χ3n) is 5.33. The standard InChI is InChI=1S/C25H19F2N5O3/c1-34-17-6-2-14(3-7-17)24-31-23(35-32-24)11-10-22(33)28-16-5-9-20-21(13-16)30-25(29-20)18-12-15(26)4-8-19(18)27/h2-9,12-13H,10-11H2,1H3,(H,28,33)(H,29,30). The maximum atomic E-state index is 14.1. The number of carbonyl (C=O) groups excluding carboxylic acids is 1. The summed E-state index contributed by atoms with van der Waals surface area (Å²) >= 11 is 0. The molecule has 1 amide bonds. The predicted octanol–water partition coefficient (Wildman–Crippen LogP) is 5.14. The highest BCUT2D eigenvalue weighted by molar-refractivity contribution is 5.93. The average Bonchev–Trinajstić information content (AvgIpc) is 3.51. The molecule has 2 N–H and O–H groups in total. The Morgan fingerprint density at radius 1 is 1.06 bits per heavy atom. The first-order valence-electron chi connectivity index (χ1n) is 10.7. The molecular weight excluding hydrogens is 456 g/mol. The number of halogens is 2. The maximum Gasteiger partial charge on any atom is 0.227 e. The topological polar surface area (TPSA) is 106 Å². The van der Waals surface area contributed by atoms with E-state index in [1.165, 1.54) is 0 Å². The van der Waals surface area contributed by atoms with Crippen LogP contribution in [0.5, 0.6) is 5.75 Å². The Hall–Kier alpha value is -4.60. The number of ether oxygens (including phenoxy) is 1. The minimum absolute atomic E-state index is 0.0281. The molecule has 0 aliphatic heterocycles. The highest BCUT2D eigenvalue weighted by Gasteiger charge is 2.14. The van der Waals surface area contributed by atoms with Crippen molar-refractivity contribution in [3.05, 3.63) is 78.2 Å². The van der Waals surface area contributed by atoms with Gasteiger partial charge in [0.1, 0.15) is 23.2 Å². The van der Waals surface area contributed by atoms with Crippen molar-refractivity contribution >= 4 is 22.6 Å². The molecule has 0 radical (unpaired) electrons. The molecule has 0 saturated heterocycles. The van der Waals surface area contributed by atoms with Crippen LogP contribution in [0.1, 0.15) is 12.3 Å². The van der Waals surface area contributed by atoms with Gasteiger partial charge in [-0.15, -0.1) is 0 Å². The number of methoxy groups -OCH3 is 1. The van der Waals surface area contributed by atoms with Crippen molar-refractivity contribution in [1.29, 1.82) is 0 Å². The lowest BCUT2D eigenvalue weighted by Gasteiger charge is -2.04. The van der Waals surface area contributed by atoms with Gasteiger partial charge in [-0.3, -0.25) is 4.79 Å². The van der Waals surface area contributed by atoms with Crippen molar-refractivity contribution < 1.29 is 22.8 Å². The van der Waals surface area contributed by atoms with E-state index in [1.54, 1.807) is 37.4 Å². The number of aromatic amines is 1. The molecule has 35 heavy (non-hydrogen) atoms. The lowest BCUT2D eigenvalue weighted by Crippen LogP contribution is -2.12. The summed E-state index contributed by atoms with van der Waals surface area (Å²) in [6.45, 7) is 0. The Kier molecular flexibility index (Phi) is 5.92.